The van der Waals surface area contributed by atoms with Crippen molar-refractivity contribution >= 4 is 44.8 Å². The van der Waals surface area contributed by atoms with Crippen LogP contribution in [0, 0.1) is 6.92 Å². The molecule has 0 unspecified atom stereocenters. The molecule has 0 aromatic heterocycles. The highest BCUT2D eigenvalue weighted by Crippen LogP contribution is 2.26. The van der Waals surface area contributed by atoms with Gasteiger partial charge in [0.05, 0.1) is 5.69 Å². The first-order chi connectivity index (χ1) is 9.51. The number of rotatable bonds is 3. The van der Waals surface area contributed by atoms with E-state index in [0.29, 0.717) is 16.3 Å². The molecule has 104 valence electrons. The standard InChI is InChI=1S/C15H14BrClN2O/c1-9-7-10(3-6-13(9)18-2)15(20)19-14-8-11(17)4-5-12(14)16/h3-8,18H,1-2H3,(H,19,20). The van der Waals surface area contributed by atoms with Gasteiger partial charge in [-0.1, -0.05) is 11.6 Å². The highest BCUT2D eigenvalue weighted by Gasteiger charge is 2.10. The molecular weight excluding hydrogens is 340 g/mol. The van der Waals surface area contributed by atoms with Crippen molar-refractivity contribution in [1.82, 2.24) is 0 Å². The van der Waals surface area contributed by atoms with Crippen LogP contribution in [-0.2, 0) is 0 Å². The first kappa shape index (κ1) is 14.9. The summed E-state index contributed by atoms with van der Waals surface area (Å²) in [6, 6.07) is 10.8. The van der Waals surface area contributed by atoms with Gasteiger partial charge in [0.25, 0.3) is 5.91 Å². The molecule has 3 nitrogen and oxygen atoms in total. The molecule has 0 bridgehead atoms. The number of halogens is 2. The van der Waals surface area contributed by atoms with E-state index in [4.69, 9.17) is 11.6 Å². The number of hydrogen-bond donors (Lipinski definition) is 2. The van der Waals surface area contributed by atoms with Crippen molar-refractivity contribution in [3.05, 3.63) is 57.0 Å². The Balaban J connectivity index is 2.24. The maximum atomic E-state index is 12.2. The molecule has 0 heterocycles. The molecule has 0 aliphatic carbocycles. The van der Waals surface area contributed by atoms with Crippen LogP contribution in [0.5, 0.6) is 0 Å². The SMILES string of the molecule is CNc1ccc(C(=O)Nc2cc(Cl)ccc2Br)cc1C. The van der Waals surface area contributed by atoms with Gasteiger partial charge in [0.2, 0.25) is 0 Å². The molecule has 2 N–H and O–H groups in total. The Morgan fingerprint density at radius 3 is 2.55 bits per heavy atom. The van der Waals surface area contributed by atoms with E-state index in [-0.39, 0.29) is 5.91 Å². The minimum absolute atomic E-state index is 0.168. The summed E-state index contributed by atoms with van der Waals surface area (Å²) >= 11 is 9.32. The van der Waals surface area contributed by atoms with Crippen molar-refractivity contribution in [2.75, 3.05) is 17.7 Å². The monoisotopic (exact) mass is 352 g/mol. The lowest BCUT2D eigenvalue weighted by atomic mass is 10.1. The fourth-order valence-electron chi connectivity index (χ4n) is 1.87. The van der Waals surface area contributed by atoms with Gasteiger partial charge >= 0.3 is 0 Å². The van der Waals surface area contributed by atoms with Crippen molar-refractivity contribution in [3.63, 3.8) is 0 Å². The van der Waals surface area contributed by atoms with E-state index in [2.05, 4.69) is 26.6 Å². The molecule has 0 atom stereocenters. The van der Waals surface area contributed by atoms with Crippen molar-refractivity contribution in [2.45, 2.75) is 6.92 Å². The number of amides is 1. The lowest BCUT2D eigenvalue weighted by molar-refractivity contribution is 0.102. The zero-order chi connectivity index (χ0) is 14.7. The van der Waals surface area contributed by atoms with Crippen LogP contribution in [0.25, 0.3) is 0 Å². The van der Waals surface area contributed by atoms with Gasteiger partial charge in [0, 0.05) is 27.8 Å². The molecule has 5 heteroatoms. The molecule has 0 spiro atoms. The Hall–Kier alpha value is -1.52. The zero-order valence-electron chi connectivity index (χ0n) is 11.1. The van der Waals surface area contributed by atoms with Gasteiger partial charge in [0.1, 0.15) is 0 Å². The molecular formula is C15H14BrClN2O. The van der Waals surface area contributed by atoms with Crippen LogP contribution >= 0.6 is 27.5 Å². The number of carbonyl (C=O) groups excluding carboxylic acids is 1. The van der Waals surface area contributed by atoms with Gasteiger partial charge in [-0.2, -0.15) is 0 Å². The summed E-state index contributed by atoms with van der Waals surface area (Å²) in [5.74, 6) is -0.168. The smallest absolute Gasteiger partial charge is 0.255 e. The largest absolute Gasteiger partial charge is 0.388 e. The highest BCUT2D eigenvalue weighted by molar-refractivity contribution is 9.10. The second kappa shape index (κ2) is 6.29. The Morgan fingerprint density at radius 2 is 1.90 bits per heavy atom. The van der Waals surface area contributed by atoms with E-state index in [1.165, 1.54) is 0 Å². The van der Waals surface area contributed by atoms with Gasteiger partial charge in [-0.05, 0) is 64.8 Å². The number of aryl methyl sites for hydroxylation is 1. The average molecular weight is 354 g/mol. The van der Waals surface area contributed by atoms with Gasteiger partial charge in [-0.3, -0.25) is 4.79 Å². The maximum absolute atomic E-state index is 12.2. The van der Waals surface area contributed by atoms with Gasteiger partial charge in [-0.15, -0.1) is 0 Å². The van der Waals surface area contributed by atoms with Crippen LogP contribution in [0.2, 0.25) is 5.02 Å². The quantitative estimate of drug-likeness (QED) is 0.839. The predicted molar refractivity (Wildman–Crippen MR) is 87.8 cm³/mol. The molecule has 0 fully saturated rings. The number of carbonyl (C=O) groups is 1. The van der Waals surface area contributed by atoms with Crippen molar-refractivity contribution in [3.8, 4) is 0 Å². The van der Waals surface area contributed by atoms with Crippen LogP contribution in [-0.4, -0.2) is 13.0 Å². The van der Waals surface area contributed by atoms with E-state index in [1.807, 2.05) is 26.1 Å². The van der Waals surface area contributed by atoms with Crippen LogP contribution in [0.4, 0.5) is 11.4 Å². The summed E-state index contributed by atoms with van der Waals surface area (Å²) in [7, 11) is 1.85. The molecule has 2 rings (SSSR count). The Morgan fingerprint density at radius 1 is 1.15 bits per heavy atom. The third kappa shape index (κ3) is 3.32. The first-order valence-corrected chi connectivity index (χ1v) is 7.23. The molecule has 0 saturated carbocycles. The molecule has 0 radical (unpaired) electrons. The van der Waals surface area contributed by atoms with Crippen molar-refractivity contribution in [1.29, 1.82) is 0 Å². The molecule has 20 heavy (non-hydrogen) atoms. The van der Waals surface area contributed by atoms with E-state index < -0.39 is 0 Å². The lowest BCUT2D eigenvalue weighted by Gasteiger charge is -2.10. The average Bonchev–Trinajstić information content (AvgIpc) is 2.42. The second-order valence-electron chi connectivity index (χ2n) is 4.36. The summed E-state index contributed by atoms with van der Waals surface area (Å²) in [6.07, 6.45) is 0. The van der Waals surface area contributed by atoms with Gasteiger partial charge in [0.15, 0.2) is 0 Å². The van der Waals surface area contributed by atoms with E-state index >= 15 is 0 Å². The molecule has 1 amide bonds. The zero-order valence-corrected chi connectivity index (χ0v) is 13.5. The highest BCUT2D eigenvalue weighted by atomic mass is 79.9. The number of nitrogens with one attached hydrogen (secondary N) is 2. The molecule has 0 aliphatic rings. The summed E-state index contributed by atoms with van der Waals surface area (Å²) in [4.78, 5) is 12.2. The van der Waals surface area contributed by atoms with E-state index in [9.17, 15) is 4.79 Å². The minimum Gasteiger partial charge on any atom is -0.388 e. The fourth-order valence-corrected chi connectivity index (χ4v) is 2.39. The van der Waals surface area contributed by atoms with Gasteiger partial charge < -0.3 is 10.6 Å². The van der Waals surface area contributed by atoms with Crippen LogP contribution < -0.4 is 10.6 Å². The predicted octanol–water partition coefficient (Wildman–Crippen LogP) is 4.70. The van der Waals surface area contributed by atoms with Crippen LogP contribution in [0.1, 0.15) is 15.9 Å². The van der Waals surface area contributed by atoms with Crippen molar-refractivity contribution < 1.29 is 4.79 Å². The molecule has 2 aromatic carbocycles. The van der Waals surface area contributed by atoms with E-state index in [0.717, 1.165) is 15.7 Å². The third-order valence-electron chi connectivity index (χ3n) is 2.93. The Bertz CT molecular complexity index is 658. The first-order valence-electron chi connectivity index (χ1n) is 6.06. The summed E-state index contributed by atoms with van der Waals surface area (Å²) in [5.41, 5.74) is 3.28. The Kier molecular flexibility index (Phi) is 4.68. The second-order valence-corrected chi connectivity index (χ2v) is 5.65. The molecule has 2 aromatic rings. The Labute approximate surface area is 131 Å². The number of anilines is 2. The summed E-state index contributed by atoms with van der Waals surface area (Å²) < 4.78 is 0.791. The minimum atomic E-state index is -0.168. The van der Waals surface area contributed by atoms with Crippen LogP contribution in [0.15, 0.2) is 40.9 Å². The van der Waals surface area contributed by atoms with Crippen molar-refractivity contribution in [2.24, 2.45) is 0 Å². The molecule has 0 aliphatic heterocycles. The van der Waals surface area contributed by atoms with Crippen LogP contribution in [0.3, 0.4) is 0 Å². The number of hydrogen-bond acceptors (Lipinski definition) is 2. The van der Waals surface area contributed by atoms with Gasteiger partial charge in [-0.25, -0.2) is 0 Å². The fraction of sp³-hybridized carbons (Fsp3) is 0.133. The lowest BCUT2D eigenvalue weighted by Crippen LogP contribution is -2.12. The van der Waals surface area contributed by atoms with E-state index in [1.54, 1.807) is 24.3 Å². The normalized spacial score (nSPS) is 10.2. The summed E-state index contributed by atoms with van der Waals surface area (Å²) in [6.45, 7) is 1.96. The third-order valence-corrected chi connectivity index (χ3v) is 3.86. The topological polar surface area (TPSA) is 41.1 Å². The maximum Gasteiger partial charge on any atom is 0.255 e. The number of benzene rings is 2. The molecule has 0 saturated heterocycles. The summed E-state index contributed by atoms with van der Waals surface area (Å²) in [5, 5.41) is 6.49.